The molecule has 2 fully saturated rings. The summed E-state index contributed by atoms with van der Waals surface area (Å²) in [6.07, 6.45) is 1.11. The SMILES string of the molecule is COCCNC(=O)CN1CN(c2ccccc2)C2(CCN(C(=O)C(C)C)CC2)C1=O. The fraction of sp³-hybridized carbons (Fsp3) is 0.591. The molecule has 1 aromatic rings. The van der Waals surface area contributed by atoms with E-state index in [1.54, 1.807) is 12.0 Å². The molecule has 0 saturated carbocycles. The summed E-state index contributed by atoms with van der Waals surface area (Å²) in [7, 11) is 1.58. The Bertz CT molecular complexity index is 760. The Balaban J connectivity index is 1.78. The average molecular weight is 417 g/mol. The van der Waals surface area contributed by atoms with Crippen LogP contribution in [0, 0.1) is 5.92 Å². The zero-order chi connectivity index (χ0) is 21.7. The molecular weight excluding hydrogens is 384 g/mol. The van der Waals surface area contributed by atoms with Crippen LogP contribution >= 0.6 is 0 Å². The maximum absolute atomic E-state index is 13.5. The second-order valence-electron chi connectivity index (χ2n) is 8.26. The molecule has 30 heavy (non-hydrogen) atoms. The first kappa shape index (κ1) is 22.1. The molecule has 1 aromatic carbocycles. The number of rotatable bonds is 7. The number of hydrogen-bond acceptors (Lipinski definition) is 5. The number of nitrogens with zero attached hydrogens (tertiary/aromatic N) is 3. The van der Waals surface area contributed by atoms with E-state index in [-0.39, 0.29) is 30.2 Å². The Morgan fingerprint density at radius 2 is 1.83 bits per heavy atom. The number of carbonyl (C=O) groups excluding carboxylic acids is 3. The second-order valence-corrected chi connectivity index (χ2v) is 8.26. The van der Waals surface area contributed by atoms with Crippen molar-refractivity contribution in [2.45, 2.75) is 32.2 Å². The van der Waals surface area contributed by atoms with Crippen LogP contribution < -0.4 is 10.2 Å². The molecule has 8 heteroatoms. The van der Waals surface area contributed by atoms with Gasteiger partial charge in [-0.25, -0.2) is 0 Å². The molecule has 0 aliphatic carbocycles. The first-order chi connectivity index (χ1) is 14.4. The molecular formula is C22H32N4O4. The van der Waals surface area contributed by atoms with Gasteiger partial charge in [-0.1, -0.05) is 32.0 Å². The van der Waals surface area contributed by atoms with Crippen molar-refractivity contribution >= 4 is 23.4 Å². The number of ether oxygens (including phenoxy) is 1. The third kappa shape index (κ3) is 4.43. The summed E-state index contributed by atoms with van der Waals surface area (Å²) >= 11 is 0. The van der Waals surface area contributed by atoms with E-state index >= 15 is 0 Å². The molecule has 3 amide bonds. The van der Waals surface area contributed by atoms with Crippen LogP contribution in [0.4, 0.5) is 5.69 Å². The van der Waals surface area contributed by atoms with Gasteiger partial charge in [0.1, 0.15) is 12.1 Å². The topological polar surface area (TPSA) is 82.2 Å². The van der Waals surface area contributed by atoms with Crippen LogP contribution in [0.3, 0.4) is 0 Å². The van der Waals surface area contributed by atoms with Gasteiger partial charge in [-0.05, 0) is 25.0 Å². The lowest BCUT2D eigenvalue weighted by molar-refractivity contribution is -0.141. The highest BCUT2D eigenvalue weighted by atomic mass is 16.5. The quantitative estimate of drug-likeness (QED) is 0.673. The molecule has 164 valence electrons. The molecule has 0 atom stereocenters. The summed E-state index contributed by atoms with van der Waals surface area (Å²) < 4.78 is 4.96. The van der Waals surface area contributed by atoms with Gasteiger partial charge in [0.05, 0.1) is 13.3 Å². The van der Waals surface area contributed by atoms with E-state index in [1.807, 2.05) is 49.1 Å². The maximum Gasteiger partial charge on any atom is 0.250 e. The highest BCUT2D eigenvalue weighted by Crippen LogP contribution is 2.39. The van der Waals surface area contributed by atoms with E-state index in [2.05, 4.69) is 10.2 Å². The van der Waals surface area contributed by atoms with Crippen molar-refractivity contribution in [1.82, 2.24) is 15.1 Å². The number of piperidine rings is 1. The van der Waals surface area contributed by atoms with E-state index in [1.165, 1.54) is 0 Å². The van der Waals surface area contributed by atoms with Crippen molar-refractivity contribution in [2.24, 2.45) is 5.92 Å². The van der Waals surface area contributed by atoms with Gasteiger partial charge < -0.3 is 24.8 Å². The van der Waals surface area contributed by atoms with Crippen LogP contribution in [0.25, 0.3) is 0 Å². The van der Waals surface area contributed by atoms with Gasteiger partial charge >= 0.3 is 0 Å². The monoisotopic (exact) mass is 416 g/mol. The highest BCUT2D eigenvalue weighted by Gasteiger charge is 2.54. The standard InChI is InChI=1S/C22H32N4O4/c1-17(2)20(28)24-12-9-22(10-13-24)21(29)25(15-19(27)23-11-14-30-3)16-26(22)18-7-5-4-6-8-18/h4-8,17H,9-16H2,1-3H3,(H,23,27). The molecule has 1 spiro atoms. The lowest BCUT2D eigenvalue weighted by atomic mass is 9.85. The summed E-state index contributed by atoms with van der Waals surface area (Å²) in [4.78, 5) is 43.8. The molecule has 2 aliphatic rings. The second kappa shape index (κ2) is 9.47. The number of benzene rings is 1. The Labute approximate surface area is 178 Å². The van der Waals surface area contributed by atoms with Gasteiger partial charge in [0.15, 0.2) is 0 Å². The van der Waals surface area contributed by atoms with Gasteiger partial charge in [0.25, 0.3) is 5.91 Å². The van der Waals surface area contributed by atoms with E-state index in [0.717, 1.165) is 5.69 Å². The van der Waals surface area contributed by atoms with Crippen LogP contribution in [-0.2, 0) is 19.1 Å². The Kier molecular flexibility index (Phi) is 6.97. The molecule has 8 nitrogen and oxygen atoms in total. The largest absolute Gasteiger partial charge is 0.383 e. The van der Waals surface area contributed by atoms with E-state index in [4.69, 9.17) is 4.74 Å². The fourth-order valence-corrected chi connectivity index (χ4v) is 4.31. The molecule has 2 heterocycles. The zero-order valence-corrected chi connectivity index (χ0v) is 18.1. The normalized spacial score (nSPS) is 18.4. The maximum atomic E-state index is 13.5. The number of hydrogen-bond donors (Lipinski definition) is 1. The third-order valence-corrected chi connectivity index (χ3v) is 5.94. The molecule has 2 aliphatic heterocycles. The molecule has 0 aromatic heterocycles. The Morgan fingerprint density at radius 1 is 1.17 bits per heavy atom. The van der Waals surface area contributed by atoms with Gasteiger partial charge in [-0.2, -0.15) is 0 Å². The van der Waals surface area contributed by atoms with Crippen molar-refractivity contribution in [1.29, 1.82) is 0 Å². The van der Waals surface area contributed by atoms with Gasteiger partial charge in [-0.3, -0.25) is 14.4 Å². The smallest absolute Gasteiger partial charge is 0.250 e. The summed E-state index contributed by atoms with van der Waals surface area (Å²) in [5.41, 5.74) is 0.235. The highest BCUT2D eigenvalue weighted by molar-refractivity contribution is 5.96. The van der Waals surface area contributed by atoms with Crippen molar-refractivity contribution in [3.8, 4) is 0 Å². The van der Waals surface area contributed by atoms with Crippen molar-refractivity contribution in [3.05, 3.63) is 30.3 Å². The Morgan fingerprint density at radius 3 is 2.43 bits per heavy atom. The van der Waals surface area contributed by atoms with E-state index in [9.17, 15) is 14.4 Å². The molecule has 3 rings (SSSR count). The lowest BCUT2D eigenvalue weighted by Gasteiger charge is -2.43. The lowest BCUT2D eigenvalue weighted by Crippen LogP contribution is -2.57. The predicted molar refractivity (Wildman–Crippen MR) is 114 cm³/mol. The summed E-state index contributed by atoms with van der Waals surface area (Å²) in [6, 6.07) is 9.82. The summed E-state index contributed by atoms with van der Waals surface area (Å²) in [6.45, 7) is 6.10. The number of nitrogens with one attached hydrogen (secondary N) is 1. The van der Waals surface area contributed by atoms with Crippen LogP contribution in [0.15, 0.2) is 30.3 Å². The van der Waals surface area contributed by atoms with E-state index < -0.39 is 5.54 Å². The minimum absolute atomic E-state index is 0.0161. The predicted octanol–water partition coefficient (Wildman–Crippen LogP) is 1.07. The van der Waals surface area contributed by atoms with Crippen molar-refractivity contribution in [2.75, 3.05) is 51.5 Å². The first-order valence-electron chi connectivity index (χ1n) is 10.6. The average Bonchev–Trinajstić information content (AvgIpc) is 3.00. The number of para-hydroxylation sites is 1. The first-order valence-corrected chi connectivity index (χ1v) is 10.6. The summed E-state index contributed by atoms with van der Waals surface area (Å²) in [5.74, 6) is -0.172. The molecule has 2 saturated heterocycles. The minimum atomic E-state index is -0.720. The number of methoxy groups -OCH3 is 1. The Hall–Kier alpha value is -2.61. The fourth-order valence-electron chi connectivity index (χ4n) is 4.31. The van der Waals surface area contributed by atoms with Crippen molar-refractivity contribution < 1.29 is 19.1 Å². The molecule has 0 unspecified atom stereocenters. The third-order valence-electron chi connectivity index (χ3n) is 5.94. The van der Waals surface area contributed by atoms with Crippen LogP contribution in [-0.4, -0.2) is 79.6 Å². The number of carbonyl (C=O) groups is 3. The van der Waals surface area contributed by atoms with Crippen LogP contribution in [0.2, 0.25) is 0 Å². The van der Waals surface area contributed by atoms with Gasteiger partial charge in [0.2, 0.25) is 11.8 Å². The number of amides is 3. The van der Waals surface area contributed by atoms with Gasteiger partial charge in [-0.15, -0.1) is 0 Å². The van der Waals surface area contributed by atoms with Crippen LogP contribution in [0.5, 0.6) is 0 Å². The zero-order valence-electron chi connectivity index (χ0n) is 18.1. The van der Waals surface area contributed by atoms with E-state index in [0.29, 0.717) is 45.8 Å². The summed E-state index contributed by atoms with van der Waals surface area (Å²) in [5, 5.41) is 2.78. The molecule has 0 radical (unpaired) electrons. The number of likely N-dealkylation sites (tertiary alicyclic amines) is 1. The van der Waals surface area contributed by atoms with Gasteiger partial charge in [0, 0.05) is 38.3 Å². The molecule has 0 bridgehead atoms. The van der Waals surface area contributed by atoms with Crippen molar-refractivity contribution in [3.63, 3.8) is 0 Å². The number of anilines is 1. The minimum Gasteiger partial charge on any atom is -0.383 e. The molecule has 1 N–H and O–H groups in total. The van der Waals surface area contributed by atoms with Crippen LogP contribution in [0.1, 0.15) is 26.7 Å².